The van der Waals surface area contributed by atoms with E-state index in [-0.39, 0.29) is 5.57 Å². The van der Waals surface area contributed by atoms with Crippen molar-refractivity contribution in [3.63, 3.8) is 0 Å². The lowest BCUT2D eigenvalue weighted by atomic mass is 10.2. The van der Waals surface area contributed by atoms with Crippen LogP contribution < -0.4 is 0 Å². The van der Waals surface area contributed by atoms with Crippen LogP contribution in [0.4, 0.5) is 0 Å². The van der Waals surface area contributed by atoms with Crippen molar-refractivity contribution in [2.24, 2.45) is 4.99 Å². The predicted molar refractivity (Wildman–Crippen MR) is 78.3 cm³/mol. The third-order valence-electron chi connectivity index (χ3n) is 2.05. The Bertz CT molecular complexity index is 532. The summed E-state index contributed by atoms with van der Waals surface area (Å²) in [6, 6.07) is 13.4. The van der Waals surface area contributed by atoms with E-state index < -0.39 is 0 Å². The summed E-state index contributed by atoms with van der Waals surface area (Å²) in [4.78, 5) is 4.40. The van der Waals surface area contributed by atoms with E-state index in [9.17, 15) is 0 Å². The predicted octanol–water partition coefficient (Wildman–Crippen LogP) is 3.42. The van der Waals surface area contributed by atoms with E-state index in [4.69, 9.17) is 10.5 Å². The minimum Gasteiger partial charge on any atom is -0.232 e. The lowest BCUT2D eigenvalue weighted by molar-refractivity contribution is 1.41. The number of hydrogen-bond donors (Lipinski definition) is 0. The molecule has 0 bridgehead atoms. The summed E-state index contributed by atoms with van der Waals surface area (Å²) in [6.45, 7) is 0. The molecule has 0 N–H and O–H groups in total. The minimum absolute atomic E-state index is 0.0463. The van der Waals surface area contributed by atoms with Crippen LogP contribution in [0.25, 0.3) is 0 Å². The summed E-state index contributed by atoms with van der Waals surface area (Å²) in [5.41, 5.74) is 1.02. The maximum absolute atomic E-state index is 8.86. The highest BCUT2D eigenvalue weighted by molar-refractivity contribution is 8.14. The zero-order chi connectivity index (χ0) is 13.4. The first-order valence-electron chi connectivity index (χ1n) is 5.03. The molecule has 0 amide bonds. The fraction of sp³-hybridized carbons (Fsp3) is 0.154. The molecule has 0 heterocycles. The number of thioether (sulfide) groups is 2. The van der Waals surface area contributed by atoms with Gasteiger partial charge < -0.3 is 0 Å². The molecule has 0 aliphatic heterocycles. The molecule has 1 aromatic rings. The average Bonchev–Trinajstić information content (AvgIpc) is 2.44. The van der Waals surface area contributed by atoms with E-state index in [0.717, 1.165) is 10.6 Å². The molecule has 18 heavy (non-hydrogen) atoms. The Morgan fingerprint density at radius 1 is 1.06 bits per heavy atom. The van der Waals surface area contributed by atoms with Gasteiger partial charge in [0.1, 0.15) is 22.2 Å². The van der Waals surface area contributed by atoms with E-state index in [2.05, 4.69) is 4.99 Å². The highest BCUT2D eigenvalue weighted by atomic mass is 32.2. The second-order valence-electron chi connectivity index (χ2n) is 3.09. The summed E-state index contributed by atoms with van der Waals surface area (Å²) in [6.07, 6.45) is 3.72. The summed E-state index contributed by atoms with van der Waals surface area (Å²) >= 11 is 2.79. The van der Waals surface area contributed by atoms with Gasteiger partial charge >= 0.3 is 0 Å². The molecule has 1 aromatic carbocycles. The number of nitriles is 2. The quantitative estimate of drug-likeness (QED) is 0.481. The molecule has 0 saturated heterocycles. The van der Waals surface area contributed by atoms with Crippen molar-refractivity contribution >= 4 is 28.6 Å². The number of benzene rings is 1. The van der Waals surface area contributed by atoms with Crippen molar-refractivity contribution < 1.29 is 0 Å². The maximum atomic E-state index is 8.86. The van der Waals surface area contributed by atoms with Crippen LogP contribution in [0.15, 0.2) is 45.9 Å². The molecule has 0 radical (unpaired) electrons. The Balaban J connectivity index is 3.25. The molecule has 0 saturated carbocycles. The Morgan fingerprint density at radius 3 is 2.11 bits per heavy atom. The minimum atomic E-state index is 0.0463. The van der Waals surface area contributed by atoms with Crippen LogP contribution in [-0.2, 0) is 0 Å². The molecular formula is C13H11N3S2. The zero-order valence-corrected chi connectivity index (χ0v) is 11.7. The molecule has 0 atom stereocenters. The normalized spacial score (nSPS) is 10.3. The van der Waals surface area contributed by atoms with Crippen LogP contribution in [0.2, 0.25) is 0 Å². The number of allylic oxidation sites excluding steroid dienone is 1. The Labute approximate surface area is 115 Å². The van der Waals surface area contributed by atoms with E-state index in [1.54, 1.807) is 6.26 Å². The summed E-state index contributed by atoms with van der Waals surface area (Å²) < 4.78 is 0. The van der Waals surface area contributed by atoms with Crippen molar-refractivity contribution in [1.82, 2.24) is 0 Å². The lowest BCUT2D eigenvalue weighted by Crippen LogP contribution is -1.95. The summed E-state index contributed by atoms with van der Waals surface area (Å²) in [7, 11) is 0. The van der Waals surface area contributed by atoms with Crippen LogP contribution in [0, 0.1) is 22.7 Å². The average molecular weight is 273 g/mol. The first-order valence-corrected chi connectivity index (χ1v) is 7.48. The standard InChI is InChI=1S/C13H11N3S2/c1-17-12(10-6-4-3-5-7-10)16-13(18-2)11(8-14)9-15/h3-7H,1-2H3/b16-12-. The van der Waals surface area contributed by atoms with Gasteiger partial charge in [0.25, 0.3) is 0 Å². The van der Waals surface area contributed by atoms with Crippen molar-refractivity contribution in [3.05, 3.63) is 46.5 Å². The highest BCUT2D eigenvalue weighted by Gasteiger charge is 2.07. The highest BCUT2D eigenvalue weighted by Crippen LogP contribution is 2.22. The topological polar surface area (TPSA) is 59.9 Å². The molecule has 0 fully saturated rings. The first-order chi connectivity index (χ1) is 8.76. The van der Waals surface area contributed by atoms with Crippen molar-refractivity contribution in [1.29, 1.82) is 10.5 Å². The third-order valence-corrected chi connectivity index (χ3v) is 3.44. The third kappa shape index (κ3) is 3.66. The van der Waals surface area contributed by atoms with Gasteiger partial charge in [-0.15, -0.1) is 23.5 Å². The molecular weight excluding hydrogens is 262 g/mol. The Morgan fingerprint density at radius 2 is 1.67 bits per heavy atom. The first kappa shape index (κ1) is 14.4. The van der Waals surface area contributed by atoms with E-state index in [1.165, 1.54) is 23.5 Å². The molecule has 0 aliphatic carbocycles. The number of nitrogens with zero attached hydrogens (tertiary/aromatic N) is 3. The van der Waals surface area contributed by atoms with Crippen molar-refractivity contribution in [2.75, 3.05) is 12.5 Å². The summed E-state index contributed by atoms with van der Waals surface area (Å²) in [5.74, 6) is 0. The maximum Gasteiger partial charge on any atom is 0.161 e. The van der Waals surface area contributed by atoms with Gasteiger partial charge in [0.05, 0.1) is 0 Å². The lowest BCUT2D eigenvalue weighted by Gasteiger charge is -2.04. The summed E-state index contributed by atoms with van der Waals surface area (Å²) in [5, 5.41) is 19.0. The zero-order valence-electron chi connectivity index (χ0n) is 10.0. The van der Waals surface area contributed by atoms with E-state index in [0.29, 0.717) is 5.03 Å². The molecule has 1 rings (SSSR count). The second kappa shape index (κ2) is 7.60. The SMILES string of the molecule is CSC(/N=C(\SC)c1ccccc1)=C(C#N)C#N. The van der Waals surface area contributed by atoms with Gasteiger partial charge in [0, 0.05) is 5.56 Å². The van der Waals surface area contributed by atoms with Crippen LogP contribution >= 0.6 is 23.5 Å². The molecule has 0 aliphatic rings. The van der Waals surface area contributed by atoms with Crippen LogP contribution in [0.1, 0.15) is 5.56 Å². The van der Waals surface area contributed by atoms with Gasteiger partial charge in [-0.2, -0.15) is 10.5 Å². The van der Waals surface area contributed by atoms with Crippen LogP contribution in [-0.4, -0.2) is 17.6 Å². The molecule has 0 aromatic heterocycles. The molecule has 3 nitrogen and oxygen atoms in total. The van der Waals surface area contributed by atoms with Crippen molar-refractivity contribution in [3.8, 4) is 12.1 Å². The molecule has 0 unspecified atom stereocenters. The van der Waals surface area contributed by atoms with Crippen LogP contribution in [0.5, 0.6) is 0 Å². The smallest absolute Gasteiger partial charge is 0.161 e. The largest absolute Gasteiger partial charge is 0.232 e. The van der Waals surface area contributed by atoms with Gasteiger partial charge in [0.2, 0.25) is 0 Å². The van der Waals surface area contributed by atoms with Gasteiger partial charge in [0.15, 0.2) is 5.57 Å². The van der Waals surface area contributed by atoms with Crippen LogP contribution in [0.3, 0.4) is 0 Å². The van der Waals surface area contributed by atoms with E-state index >= 15 is 0 Å². The number of aliphatic imine (C=N–C) groups is 1. The fourth-order valence-corrected chi connectivity index (χ4v) is 2.32. The Hall–Kier alpha value is -1.69. The molecule has 90 valence electrons. The van der Waals surface area contributed by atoms with Gasteiger partial charge in [-0.05, 0) is 12.5 Å². The monoisotopic (exact) mass is 273 g/mol. The molecule has 5 heteroatoms. The number of rotatable bonds is 3. The Kier molecular flexibility index (Phi) is 6.07. The van der Waals surface area contributed by atoms with Crippen molar-refractivity contribution in [2.45, 2.75) is 0 Å². The number of hydrogen-bond acceptors (Lipinski definition) is 5. The van der Waals surface area contributed by atoms with Gasteiger partial charge in [-0.25, -0.2) is 4.99 Å². The fourth-order valence-electron chi connectivity index (χ4n) is 1.23. The van der Waals surface area contributed by atoms with Gasteiger partial charge in [-0.3, -0.25) is 0 Å². The van der Waals surface area contributed by atoms with Gasteiger partial charge in [-0.1, -0.05) is 30.3 Å². The second-order valence-corrected chi connectivity index (χ2v) is 4.68. The molecule has 0 spiro atoms. The van der Waals surface area contributed by atoms with E-state index in [1.807, 2.05) is 48.7 Å².